The Hall–Kier alpha value is -3.61. The molecule has 4 aromatic rings. The summed E-state index contributed by atoms with van der Waals surface area (Å²) in [5.41, 5.74) is 3.45. The third kappa shape index (κ3) is 4.13. The van der Waals surface area contributed by atoms with E-state index in [-0.39, 0.29) is 18.1 Å². The number of amides is 1. The Bertz CT molecular complexity index is 1160. The SMILES string of the molecule is Cc1cc(C)n2nc(CC(=O)NC(c3ccccc3)c3ccc(F)cc3)nc2n1. The number of hydrogen-bond acceptors (Lipinski definition) is 4. The molecule has 0 saturated carbocycles. The lowest BCUT2D eigenvalue weighted by Crippen LogP contribution is -2.31. The largest absolute Gasteiger partial charge is 0.345 e. The maximum absolute atomic E-state index is 13.4. The summed E-state index contributed by atoms with van der Waals surface area (Å²) in [4.78, 5) is 21.5. The first kappa shape index (κ1) is 18.7. The van der Waals surface area contributed by atoms with Gasteiger partial charge in [-0.05, 0) is 43.2 Å². The Labute approximate surface area is 167 Å². The molecular formula is C22H20FN5O. The molecule has 1 atom stereocenters. The number of nitrogens with one attached hydrogen (secondary N) is 1. The summed E-state index contributed by atoms with van der Waals surface area (Å²) in [6.07, 6.45) is 0.0202. The van der Waals surface area contributed by atoms with Crippen LogP contribution in [0.15, 0.2) is 60.7 Å². The first-order valence-corrected chi connectivity index (χ1v) is 9.29. The van der Waals surface area contributed by atoms with Crippen LogP contribution in [0.5, 0.6) is 0 Å². The predicted octanol–water partition coefficient (Wildman–Crippen LogP) is 3.33. The highest BCUT2D eigenvalue weighted by molar-refractivity contribution is 5.78. The summed E-state index contributed by atoms with van der Waals surface area (Å²) in [5.74, 6) is 0.325. The average molecular weight is 389 g/mol. The van der Waals surface area contributed by atoms with Crippen molar-refractivity contribution in [2.24, 2.45) is 0 Å². The van der Waals surface area contributed by atoms with Crippen LogP contribution in [-0.4, -0.2) is 25.5 Å². The highest BCUT2D eigenvalue weighted by Crippen LogP contribution is 2.22. The van der Waals surface area contributed by atoms with Gasteiger partial charge in [0.25, 0.3) is 5.78 Å². The maximum atomic E-state index is 13.4. The Morgan fingerprint density at radius 1 is 1.03 bits per heavy atom. The van der Waals surface area contributed by atoms with Gasteiger partial charge >= 0.3 is 0 Å². The Morgan fingerprint density at radius 3 is 2.45 bits per heavy atom. The molecule has 2 aromatic heterocycles. The number of aryl methyl sites for hydroxylation is 2. The fourth-order valence-electron chi connectivity index (χ4n) is 3.30. The molecule has 146 valence electrons. The van der Waals surface area contributed by atoms with Gasteiger partial charge in [-0.2, -0.15) is 4.98 Å². The van der Waals surface area contributed by atoms with Crippen molar-refractivity contribution in [3.63, 3.8) is 0 Å². The van der Waals surface area contributed by atoms with Crippen molar-refractivity contribution < 1.29 is 9.18 Å². The van der Waals surface area contributed by atoms with Crippen LogP contribution in [0.3, 0.4) is 0 Å². The van der Waals surface area contributed by atoms with Gasteiger partial charge in [-0.25, -0.2) is 13.9 Å². The average Bonchev–Trinajstić information content (AvgIpc) is 3.10. The Morgan fingerprint density at radius 2 is 1.72 bits per heavy atom. The summed E-state index contributed by atoms with van der Waals surface area (Å²) in [5, 5.41) is 7.41. The lowest BCUT2D eigenvalue weighted by Gasteiger charge is -2.19. The fourth-order valence-corrected chi connectivity index (χ4v) is 3.30. The van der Waals surface area contributed by atoms with Crippen LogP contribution < -0.4 is 5.32 Å². The normalized spacial score (nSPS) is 12.1. The van der Waals surface area contributed by atoms with Gasteiger partial charge < -0.3 is 5.32 Å². The van der Waals surface area contributed by atoms with Gasteiger partial charge in [0, 0.05) is 11.4 Å². The van der Waals surface area contributed by atoms with Crippen molar-refractivity contribution in [1.29, 1.82) is 0 Å². The highest BCUT2D eigenvalue weighted by atomic mass is 19.1. The van der Waals surface area contributed by atoms with E-state index in [9.17, 15) is 9.18 Å². The summed E-state index contributed by atoms with van der Waals surface area (Å²) >= 11 is 0. The standard InChI is InChI=1S/C22H20FN5O/c1-14-12-15(2)28-22(24-14)25-19(27-28)13-20(29)26-21(16-6-4-3-5-7-16)17-8-10-18(23)11-9-17/h3-12,21H,13H2,1-2H3,(H,26,29). The van der Waals surface area contributed by atoms with Gasteiger partial charge in [-0.15, -0.1) is 5.10 Å². The van der Waals surface area contributed by atoms with E-state index in [1.54, 1.807) is 16.6 Å². The molecule has 6 nitrogen and oxygen atoms in total. The molecule has 0 fully saturated rings. The molecule has 2 heterocycles. The summed E-state index contributed by atoms with van der Waals surface area (Å²) in [7, 11) is 0. The first-order chi connectivity index (χ1) is 14.0. The van der Waals surface area contributed by atoms with Crippen LogP contribution >= 0.6 is 0 Å². The molecule has 2 aromatic carbocycles. The van der Waals surface area contributed by atoms with Crippen molar-refractivity contribution in [2.45, 2.75) is 26.3 Å². The second-order valence-electron chi connectivity index (χ2n) is 6.92. The van der Waals surface area contributed by atoms with Crippen LogP contribution in [0.2, 0.25) is 0 Å². The van der Waals surface area contributed by atoms with Crippen LogP contribution in [0, 0.1) is 19.7 Å². The van der Waals surface area contributed by atoms with Gasteiger partial charge in [-0.3, -0.25) is 4.79 Å². The van der Waals surface area contributed by atoms with E-state index in [2.05, 4.69) is 20.4 Å². The molecule has 29 heavy (non-hydrogen) atoms. The topological polar surface area (TPSA) is 72.2 Å². The quantitative estimate of drug-likeness (QED) is 0.568. The third-order valence-corrected chi connectivity index (χ3v) is 4.62. The number of halogens is 1. The van der Waals surface area contributed by atoms with Gasteiger partial charge in [0.1, 0.15) is 5.82 Å². The van der Waals surface area contributed by atoms with Crippen molar-refractivity contribution in [3.05, 3.63) is 94.8 Å². The minimum atomic E-state index is -0.400. The number of rotatable bonds is 5. The third-order valence-electron chi connectivity index (χ3n) is 4.62. The molecule has 1 N–H and O–H groups in total. The molecule has 1 unspecified atom stereocenters. The van der Waals surface area contributed by atoms with E-state index < -0.39 is 6.04 Å². The van der Waals surface area contributed by atoms with Gasteiger partial charge in [0.15, 0.2) is 5.82 Å². The molecule has 7 heteroatoms. The maximum Gasteiger partial charge on any atom is 0.252 e. The lowest BCUT2D eigenvalue weighted by atomic mass is 9.98. The van der Waals surface area contributed by atoms with Gasteiger partial charge in [0.05, 0.1) is 12.5 Å². The van der Waals surface area contributed by atoms with E-state index in [0.717, 1.165) is 22.5 Å². The van der Waals surface area contributed by atoms with Gasteiger partial charge in [-0.1, -0.05) is 42.5 Å². The first-order valence-electron chi connectivity index (χ1n) is 9.29. The van der Waals surface area contributed by atoms with Crippen molar-refractivity contribution in [2.75, 3.05) is 0 Å². The molecule has 1 amide bonds. The van der Waals surface area contributed by atoms with Crippen molar-refractivity contribution in [3.8, 4) is 0 Å². The number of fused-ring (bicyclic) bond motifs is 1. The van der Waals surface area contributed by atoms with E-state index in [0.29, 0.717) is 11.6 Å². The number of carbonyl (C=O) groups excluding carboxylic acids is 1. The number of aromatic nitrogens is 4. The second-order valence-corrected chi connectivity index (χ2v) is 6.92. The number of carbonyl (C=O) groups is 1. The second kappa shape index (κ2) is 7.79. The lowest BCUT2D eigenvalue weighted by molar-refractivity contribution is -0.121. The zero-order valence-electron chi connectivity index (χ0n) is 16.1. The number of benzene rings is 2. The van der Waals surface area contributed by atoms with Crippen LogP contribution in [0.25, 0.3) is 5.78 Å². The summed E-state index contributed by atoms with van der Waals surface area (Å²) < 4.78 is 15.0. The van der Waals surface area contributed by atoms with E-state index in [4.69, 9.17) is 0 Å². The molecule has 0 aliphatic carbocycles. The monoisotopic (exact) mass is 389 g/mol. The number of nitrogens with zero attached hydrogens (tertiary/aromatic N) is 4. The molecule has 4 rings (SSSR count). The highest BCUT2D eigenvalue weighted by Gasteiger charge is 2.19. The van der Waals surface area contributed by atoms with E-state index >= 15 is 0 Å². The minimum absolute atomic E-state index is 0.0202. The van der Waals surface area contributed by atoms with E-state index in [1.807, 2.05) is 50.2 Å². The smallest absolute Gasteiger partial charge is 0.252 e. The van der Waals surface area contributed by atoms with Gasteiger partial charge in [0.2, 0.25) is 5.91 Å². The molecule has 0 aliphatic heterocycles. The molecule has 0 spiro atoms. The number of hydrogen-bond donors (Lipinski definition) is 1. The molecular weight excluding hydrogens is 369 g/mol. The summed E-state index contributed by atoms with van der Waals surface area (Å²) in [6.45, 7) is 3.81. The Balaban J connectivity index is 1.58. The molecule has 0 saturated heterocycles. The van der Waals surface area contributed by atoms with Crippen LogP contribution in [-0.2, 0) is 11.2 Å². The van der Waals surface area contributed by atoms with E-state index in [1.165, 1.54) is 12.1 Å². The van der Waals surface area contributed by atoms with Crippen molar-refractivity contribution >= 4 is 11.7 Å². The summed E-state index contributed by atoms with van der Waals surface area (Å²) in [6, 6.07) is 17.2. The predicted molar refractivity (Wildman–Crippen MR) is 107 cm³/mol. The fraction of sp³-hybridized carbons (Fsp3) is 0.182. The zero-order valence-corrected chi connectivity index (χ0v) is 16.1. The van der Waals surface area contributed by atoms with Crippen molar-refractivity contribution in [1.82, 2.24) is 24.9 Å². The van der Waals surface area contributed by atoms with Crippen LogP contribution in [0.4, 0.5) is 4.39 Å². The van der Waals surface area contributed by atoms with Crippen LogP contribution in [0.1, 0.15) is 34.4 Å². The Kier molecular flexibility index (Phi) is 5.03. The minimum Gasteiger partial charge on any atom is -0.345 e. The zero-order chi connectivity index (χ0) is 20.4. The molecule has 0 radical (unpaired) electrons. The molecule has 0 aliphatic rings. The molecule has 0 bridgehead atoms.